The maximum Gasteiger partial charge on any atom is 0.338 e. The molecular weight excluding hydrogens is 258 g/mol. The SMILES string of the molecule is COC(=O)c1cc(Br)cc2c1C(C)CN2. The Balaban J connectivity index is 2.58. The van der Waals surface area contributed by atoms with Crippen molar-refractivity contribution in [1.82, 2.24) is 0 Å². The number of nitrogens with one attached hydrogen (secondary N) is 1. The Morgan fingerprint density at radius 1 is 1.60 bits per heavy atom. The Bertz CT molecular complexity index is 417. The summed E-state index contributed by atoms with van der Waals surface area (Å²) in [7, 11) is 1.41. The first kappa shape index (κ1) is 10.5. The van der Waals surface area contributed by atoms with E-state index in [1.807, 2.05) is 12.1 Å². The third kappa shape index (κ3) is 1.74. The monoisotopic (exact) mass is 269 g/mol. The van der Waals surface area contributed by atoms with Crippen molar-refractivity contribution in [3.05, 3.63) is 27.7 Å². The lowest BCUT2D eigenvalue weighted by molar-refractivity contribution is 0.0599. The van der Waals surface area contributed by atoms with Crippen molar-refractivity contribution < 1.29 is 9.53 Å². The number of hydrogen-bond acceptors (Lipinski definition) is 3. The fourth-order valence-electron chi connectivity index (χ4n) is 1.94. The van der Waals surface area contributed by atoms with E-state index in [1.165, 1.54) is 7.11 Å². The quantitative estimate of drug-likeness (QED) is 0.797. The largest absolute Gasteiger partial charge is 0.465 e. The van der Waals surface area contributed by atoms with Crippen LogP contribution in [0.15, 0.2) is 16.6 Å². The summed E-state index contributed by atoms with van der Waals surface area (Å²) in [4.78, 5) is 11.6. The molecule has 4 heteroatoms. The van der Waals surface area contributed by atoms with Crippen LogP contribution in [0.1, 0.15) is 28.8 Å². The molecule has 1 aromatic carbocycles. The summed E-state index contributed by atoms with van der Waals surface area (Å²) in [6.45, 7) is 2.97. The molecule has 0 saturated heterocycles. The standard InChI is InChI=1S/C11H12BrNO2/c1-6-5-13-9-4-7(12)3-8(10(6)9)11(14)15-2/h3-4,6,13H,5H2,1-2H3. The van der Waals surface area contributed by atoms with Gasteiger partial charge >= 0.3 is 5.97 Å². The Labute approximate surface area is 96.9 Å². The molecule has 1 aliphatic heterocycles. The zero-order valence-electron chi connectivity index (χ0n) is 8.63. The van der Waals surface area contributed by atoms with E-state index in [0.29, 0.717) is 11.5 Å². The molecule has 1 N–H and O–H groups in total. The first-order valence-electron chi connectivity index (χ1n) is 4.79. The number of benzene rings is 1. The highest BCUT2D eigenvalue weighted by molar-refractivity contribution is 9.10. The summed E-state index contributed by atoms with van der Waals surface area (Å²) < 4.78 is 5.67. The van der Waals surface area contributed by atoms with Crippen LogP contribution in [-0.4, -0.2) is 19.6 Å². The lowest BCUT2D eigenvalue weighted by atomic mass is 9.97. The molecule has 1 aliphatic rings. The van der Waals surface area contributed by atoms with Gasteiger partial charge in [-0.05, 0) is 17.7 Å². The Kier molecular flexibility index (Phi) is 2.69. The summed E-state index contributed by atoms with van der Waals surface area (Å²) in [5.41, 5.74) is 2.74. The van der Waals surface area contributed by atoms with Gasteiger partial charge in [0.15, 0.2) is 0 Å². The van der Waals surface area contributed by atoms with Gasteiger partial charge in [0.2, 0.25) is 0 Å². The van der Waals surface area contributed by atoms with E-state index in [0.717, 1.165) is 22.3 Å². The van der Waals surface area contributed by atoms with E-state index in [2.05, 4.69) is 28.2 Å². The van der Waals surface area contributed by atoms with Crippen LogP contribution in [0.5, 0.6) is 0 Å². The van der Waals surface area contributed by atoms with Crippen LogP contribution >= 0.6 is 15.9 Å². The molecule has 15 heavy (non-hydrogen) atoms. The van der Waals surface area contributed by atoms with Gasteiger partial charge in [0.25, 0.3) is 0 Å². The molecular formula is C11H12BrNO2. The molecule has 0 fully saturated rings. The summed E-state index contributed by atoms with van der Waals surface area (Å²) in [6.07, 6.45) is 0. The Hall–Kier alpha value is -1.03. The van der Waals surface area contributed by atoms with Crippen molar-refractivity contribution in [2.45, 2.75) is 12.8 Å². The highest BCUT2D eigenvalue weighted by atomic mass is 79.9. The molecule has 0 spiro atoms. The van der Waals surface area contributed by atoms with Crippen molar-refractivity contribution in [1.29, 1.82) is 0 Å². The number of hydrogen-bond donors (Lipinski definition) is 1. The number of fused-ring (bicyclic) bond motifs is 1. The van der Waals surface area contributed by atoms with E-state index in [4.69, 9.17) is 4.74 Å². The molecule has 1 unspecified atom stereocenters. The molecule has 80 valence electrons. The zero-order chi connectivity index (χ0) is 11.0. The van der Waals surface area contributed by atoms with Gasteiger partial charge in [0, 0.05) is 22.6 Å². The van der Waals surface area contributed by atoms with E-state index in [-0.39, 0.29) is 5.97 Å². The fraction of sp³-hybridized carbons (Fsp3) is 0.364. The van der Waals surface area contributed by atoms with Crippen LogP contribution in [-0.2, 0) is 4.74 Å². The summed E-state index contributed by atoms with van der Waals surface area (Å²) in [6, 6.07) is 3.80. The maximum atomic E-state index is 11.6. The zero-order valence-corrected chi connectivity index (χ0v) is 10.2. The number of anilines is 1. The van der Waals surface area contributed by atoms with Gasteiger partial charge in [-0.1, -0.05) is 22.9 Å². The Morgan fingerprint density at radius 2 is 2.33 bits per heavy atom. The van der Waals surface area contributed by atoms with Crippen molar-refractivity contribution in [3.8, 4) is 0 Å². The molecule has 0 aromatic heterocycles. The minimum absolute atomic E-state index is 0.275. The van der Waals surface area contributed by atoms with Crippen LogP contribution < -0.4 is 5.32 Å². The summed E-state index contributed by atoms with van der Waals surface area (Å²) in [5, 5.41) is 3.27. The average molecular weight is 270 g/mol. The van der Waals surface area contributed by atoms with Crippen molar-refractivity contribution in [2.75, 3.05) is 19.0 Å². The van der Waals surface area contributed by atoms with Crippen LogP contribution in [0.2, 0.25) is 0 Å². The van der Waals surface area contributed by atoms with E-state index < -0.39 is 0 Å². The van der Waals surface area contributed by atoms with Crippen LogP contribution in [0, 0.1) is 0 Å². The van der Waals surface area contributed by atoms with Gasteiger partial charge in [-0.2, -0.15) is 0 Å². The van der Waals surface area contributed by atoms with E-state index in [9.17, 15) is 4.79 Å². The highest BCUT2D eigenvalue weighted by Gasteiger charge is 2.25. The molecule has 1 atom stereocenters. The highest BCUT2D eigenvalue weighted by Crippen LogP contribution is 2.36. The molecule has 0 aliphatic carbocycles. The average Bonchev–Trinajstić information content (AvgIpc) is 2.58. The number of carbonyl (C=O) groups excluding carboxylic acids is 1. The minimum Gasteiger partial charge on any atom is -0.465 e. The third-order valence-electron chi connectivity index (χ3n) is 2.64. The van der Waals surface area contributed by atoms with Crippen molar-refractivity contribution in [3.63, 3.8) is 0 Å². The van der Waals surface area contributed by atoms with Gasteiger partial charge in [-0.3, -0.25) is 0 Å². The van der Waals surface area contributed by atoms with Crippen molar-refractivity contribution >= 4 is 27.6 Å². The number of ether oxygens (including phenoxy) is 1. The Morgan fingerprint density at radius 3 is 3.00 bits per heavy atom. The molecule has 0 amide bonds. The predicted molar refractivity (Wildman–Crippen MR) is 62.4 cm³/mol. The second-order valence-corrected chi connectivity index (χ2v) is 4.60. The number of esters is 1. The maximum absolute atomic E-state index is 11.6. The predicted octanol–water partition coefficient (Wildman–Crippen LogP) is 2.76. The van der Waals surface area contributed by atoms with Gasteiger partial charge in [0.05, 0.1) is 12.7 Å². The van der Waals surface area contributed by atoms with E-state index in [1.54, 1.807) is 0 Å². The summed E-state index contributed by atoms with van der Waals surface area (Å²) >= 11 is 3.39. The number of rotatable bonds is 1. The first-order chi connectivity index (χ1) is 7.13. The molecule has 1 aromatic rings. The lowest BCUT2D eigenvalue weighted by Gasteiger charge is -2.09. The molecule has 0 radical (unpaired) electrons. The molecule has 2 rings (SSSR count). The fourth-order valence-corrected chi connectivity index (χ4v) is 2.40. The third-order valence-corrected chi connectivity index (χ3v) is 3.10. The van der Waals surface area contributed by atoms with Crippen LogP contribution in [0.3, 0.4) is 0 Å². The van der Waals surface area contributed by atoms with Gasteiger partial charge in [0.1, 0.15) is 0 Å². The van der Waals surface area contributed by atoms with Crippen LogP contribution in [0.4, 0.5) is 5.69 Å². The number of carbonyl (C=O) groups is 1. The van der Waals surface area contributed by atoms with Crippen molar-refractivity contribution in [2.24, 2.45) is 0 Å². The molecule has 1 heterocycles. The number of methoxy groups -OCH3 is 1. The molecule has 0 saturated carbocycles. The van der Waals surface area contributed by atoms with Gasteiger partial charge in [-0.15, -0.1) is 0 Å². The van der Waals surface area contributed by atoms with E-state index >= 15 is 0 Å². The van der Waals surface area contributed by atoms with Gasteiger partial charge < -0.3 is 10.1 Å². The lowest BCUT2D eigenvalue weighted by Crippen LogP contribution is -2.06. The smallest absolute Gasteiger partial charge is 0.338 e. The second kappa shape index (κ2) is 3.85. The first-order valence-corrected chi connectivity index (χ1v) is 5.58. The number of halogens is 1. The topological polar surface area (TPSA) is 38.3 Å². The second-order valence-electron chi connectivity index (χ2n) is 3.69. The van der Waals surface area contributed by atoms with Crippen LogP contribution in [0.25, 0.3) is 0 Å². The summed E-state index contributed by atoms with van der Waals surface area (Å²) in [5.74, 6) is 0.0744. The van der Waals surface area contributed by atoms with Gasteiger partial charge in [-0.25, -0.2) is 4.79 Å². The minimum atomic E-state index is -0.275. The molecule has 3 nitrogen and oxygen atoms in total. The molecule has 0 bridgehead atoms. The normalized spacial score (nSPS) is 18.2.